The van der Waals surface area contributed by atoms with Crippen LogP contribution in [0.15, 0.2) is 0 Å². The molecule has 0 radical (unpaired) electrons. The van der Waals surface area contributed by atoms with Gasteiger partial charge in [-0.1, -0.05) is 0 Å². The Morgan fingerprint density at radius 3 is 2.53 bits per heavy atom. The first-order valence-corrected chi connectivity index (χ1v) is 6.32. The zero-order valence-corrected chi connectivity index (χ0v) is 9.71. The van der Waals surface area contributed by atoms with Crippen LogP contribution in [0.2, 0.25) is 0 Å². The van der Waals surface area contributed by atoms with Crippen LogP contribution >= 0.6 is 0 Å². The third kappa shape index (κ3) is 6.43. The summed E-state index contributed by atoms with van der Waals surface area (Å²) in [6.07, 6.45) is 0.330. The molecular formula is C8H17NO5S. The first-order valence-electron chi connectivity index (χ1n) is 4.50. The smallest absolute Gasteiger partial charge is 0.320 e. The number of rotatable bonds is 7. The van der Waals surface area contributed by atoms with Crippen molar-refractivity contribution in [3.63, 3.8) is 0 Å². The van der Waals surface area contributed by atoms with Gasteiger partial charge in [0.1, 0.15) is 5.75 Å². The zero-order valence-electron chi connectivity index (χ0n) is 8.89. The summed E-state index contributed by atoms with van der Waals surface area (Å²) in [5.74, 6) is -1.57. The predicted molar refractivity (Wildman–Crippen MR) is 55.2 cm³/mol. The van der Waals surface area contributed by atoms with Gasteiger partial charge in [-0.05, 0) is 13.5 Å². The van der Waals surface area contributed by atoms with Crippen molar-refractivity contribution in [2.45, 2.75) is 12.5 Å². The van der Waals surface area contributed by atoms with Crippen LogP contribution in [0.5, 0.6) is 0 Å². The van der Waals surface area contributed by atoms with E-state index in [-0.39, 0.29) is 18.4 Å². The Kier molecular flexibility index (Phi) is 6.46. The van der Waals surface area contributed by atoms with Gasteiger partial charge in [0, 0.05) is 12.6 Å². The van der Waals surface area contributed by atoms with Crippen LogP contribution in [0.25, 0.3) is 0 Å². The van der Waals surface area contributed by atoms with E-state index in [4.69, 9.17) is 5.11 Å². The molecule has 0 aliphatic heterocycles. The van der Waals surface area contributed by atoms with E-state index >= 15 is 0 Å². The molecule has 0 aromatic rings. The van der Waals surface area contributed by atoms with E-state index in [0.717, 1.165) is 7.11 Å². The molecule has 0 spiro atoms. The average Bonchev–Trinajstić information content (AvgIpc) is 2.15. The number of esters is 1. The van der Waals surface area contributed by atoms with Crippen LogP contribution in [-0.4, -0.2) is 57.8 Å². The molecule has 0 aliphatic rings. The van der Waals surface area contributed by atoms with Gasteiger partial charge in [-0.2, -0.15) is 0 Å². The highest BCUT2D eigenvalue weighted by Crippen LogP contribution is 1.99. The molecule has 0 bridgehead atoms. The van der Waals surface area contributed by atoms with Gasteiger partial charge in [0.2, 0.25) is 0 Å². The maximum absolute atomic E-state index is 11.4. The molecule has 15 heavy (non-hydrogen) atoms. The van der Waals surface area contributed by atoms with Crippen molar-refractivity contribution in [3.8, 4) is 0 Å². The van der Waals surface area contributed by atoms with Crippen LogP contribution in [0, 0.1) is 0 Å². The lowest BCUT2D eigenvalue weighted by atomic mass is 10.2. The van der Waals surface area contributed by atoms with Crippen LogP contribution in [-0.2, 0) is 19.4 Å². The maximum atomic E-state index is 11.4. The van der Waals surface area contributed by atoms with Crippen molar-refractivity contribution >= 4 is 15.8 Å². The van der Waals surface area contributed by atoms with E-state index in [1.54, 1.807) is 7.05 Å². The average molecular weight is 239 g/mol. The number of hydrogen-bond donors (Lipinski definition) is 2. The Balaban J connectivity index is 4.28. The molecule has 0 heterocycles. The SMILES string of the molecule is CNC(CCO)CS(=O)(=O)CC(=O)OC. The third-order valence-corrected chi connectivity index (χ3v) is 3.49. The Morgan fingerprint density at radius 2 is 2.13 bits per heavy atom. The molecule has 90 valence electrons. The van der Waals surface area contributed by atoms with Crippen molar-refractivity contribution in [1.29, 1.82) is 0 Å². The topological polar surface area (TPSA) is 92.7 Å². The summed E-state index contributed by atoms with van der Waals surface area (Å²) in [4.78, 5) is 10.8. The van der Waals surface area contributed by atoms with E-state index in [0.29, 0.717) is 6.42 Å². The Labute approximate surface area is 89.5 Å². The lowest BCUT2D eigenvalue weighted by Gasteiger charge is -2.14. The fraction of sp³-hybridized carbons (Fsp3) is 0.875. The number of aliphatic hydroxyl groups is 1. The molecule has 0 rings (SSSR count). The molecule has 0 amide bonds. The van der Waals surface area contributed by atoms with E-state index in [2.05, 4.69) is 10.1 Å². The Hall–Kier alpha value is -0.660. The molecule has 7 heteroatoms. The van der Waals surface area contributed by atoms with Crippen LogP contribution in [0.1, 0.15) is 6.42 Å². The minimum atomic E-state index is -3.47. The monoisotopic (exact) mass is 239 g/mol. The molecule has 0 aromatic carbocycles. The van der Waals surface area contributed by atoms with Gasteiger partial charge in [-0.15, -0.1) is 0 Å². The Morgan fingerprint density at radius 1 is 1.53 bits per heavy atom. The summed E-state index contributed by atoms with van der Waals surface area (Å²) in [6, 6.07) is -0.343. The highest BCUT2D eigenvalue weighted by Gasteiger charge is 2.21. The Bertz CT molecular complexity index is 287. The maximum Gasteiger partial charge on any atom is 0.320 e. The second-order valence-corrected chi connectivity index (χ2v) is 5.24. The number of carbonyl (C=O) groups excluding carboxylic acids is 1. The van der Waals surface area contributed by atoms with Gasteiger partial charge in [-0.25, -0.2) is 8.42 Å². The van der Waals surface area contributed by atoms with Crippen molar-refractivity contribution in [3.05, 3.63) is 0 Å². The van der Waals surface area contributed by atoms with Gasteiger partial charge in [-0.3, -0.25) is 4.79 Å². The van der Waals surface area contributed by atoms with Crippen LogP contribution in [0.3, 0.4) is 0 Å². The molecule has 0 aliphatic carbocycles. The van der Waals surface area contributed by atoms with E-state index in [1.165, 1.54) is 0 Å². The highest BCUT2D eigenvalue weighted by atomic mass is 32.2. The van der Waals surface area contributed by atoms with E-state index in [1.807, 2.05) is 0 Å². The quantitative estimate of drug-likeness (QED) is 0.528. The predicted octanol–water partition coefficient (Wildman–Crippen LogP) is -1.46. The molecular weight excluding hydrogens is 222 g/mol. The van der Waals surface area contributed by atoms with E-state index in [9.17, 15) is 13.2 Å². The third-order valence-electron chi connectivity index (χ3n) is 1.91. The number of aliphatic hydroxyl groups excluding tert-OH is 1. The fourth-order valence-corrected chi connectivity index (χ4v) is 2.61. The zero-order chi connectivity index (χ0) is 11.9. The summed E-state index contributed by atoms with van der Waals surface area (Å²) in [5, 5.41) is 11.4. The van der Waals surface area contributed by atoms with Crippen LogP contribution < -0.4 is 5.32 Å². The first-order chi connectivity index (χ1) is 6.95. The highest BCUT2D eigenvalue weighted by molar-refractivity contribution is 7.92. The summed E-state index contributed by atoms with van der Waals surface area (Å²) in [5.41, 5.74) is 0. The minimum Gasteiger partial charge on any atom is -0.468 e. The van der Waals surface area contributed by atoms with Crippen molar-refractivity contribution < 1.29 is 23.1 Å². The lowest BCUT2D eigenvalue weighted by Crippen LogP contribution is -2.36. The number of nitrogens with one attached hydrogen (secondary N) is 1. The van der Waals surface area contributed by atoms with Gasteiger partial charge >= 0.3 is 5.97 Å². The molecule has 1 atom stereocenters. The summed E-state index contributed by atoms with van der Waals surface area (Å²) in [7, 11) is -0.729. The second-order valence-electron chi connectivity index (χ2n) is 3.13. The molecule has 6 nitrogen and oxygen atoms in total. The van der Waals surface area contributed by atoms with E-state index < -0.39 is 21.6 Å². The standard InChI is InChI=1S/C8H17NO5S/c1-9-7(3-4-10)5-15(12,13)6-8(11)14-2/h7,9-10H,3-6H2,1-2H3. The minimum absolute atomic E-state index is 0.0980. The van der Waals surface area contributed by atoms with Gasteiger partial charge in [0.25, 0.3) is 0 Å². The summed E-state index contributed by atoms with van der Waals surface area (Å²) in [6.45, 7) is -0.0980. The number of methoxy groups -OCH3 is 1. The largest absolute Gasteiger partial charge is 0.468 e. The van der Waals surface area contributed by atoms with Gasteiger partial charge in [0.05, 0.1) is 12.9 Å². The summed E-state index contributed by atoms with van der Waals surface area (Å²) < 4.78 is 27.1. The number of hydrogen-bond acceptors (Lipinski definition) is 6. The fourth-order valence-electron chi connectivity index (χ4n) is 1.07. The van der Waals surface area contributed by atoms with Crippen molar-refractivity contribution in [2.75, 3.05) is 32.3 Å². The second kappa shape index (κ2) is 6.76. The number of carbonyl (C=O) groups is 1. The molecule has 0 aromatic heterocycles. The lowest BCUT2D eigenvalue weighted by molar-refractivity contribution is -0.137. The van der Waals surface area contributed by atoms with Gasteiger partial charge < -0.3 is 15.2 Å². The molecule has 0 saturated carbocycles. The van der Waals surface area contributed by atoms with Gasteiger partial charge in [0.15, 0.2) is 9.84 Å². The number of ether oxygens (including phenoxy) is 1. The normalized spacial score (nSPS) is 13.5. The molecule has 0 fully saturated rings. The molecule has 2 N–H and O–H groups in total. The molecule has 0 saturated heterocycles. The number of sulfone groups is 1. The molecule has 1 unspecified atom stereocenters. The summed E-state index contributed by atoms with van der Waals surface area (Å²) >= 11 is 0. The van der Waals surface area contributed by atoms with Crippen LogP contribution in [0.4, 0.5) is 0 Å². The van der Waals surface area contributed by atoms with Crippen molar-refractivity contribution in [2.24, 2.45) is 0 Å². The van der Waals surface area contributed by atoms with Crippen molar-refractivity contribution in [1.82, 2.24) is 5.32 Å². The first kappa shape index (κ1) is 14.3.